The standard InChI is InChI=1S/C22H23N7O2S2/c32-21(25-14-15-4-5-16-17(12-15)31-11-10-30-16)28-20-26-18(29-8-1-2-9-29)13-19(27-20)33-22-23-6-3-7-24-22/h3-7,12-13H,1-2,8-11,14H2,(H2,25,26,27,28,32). The molecule has 2 aliphatic heterocycles. The van der Waals surface area contributed by atoms with Gasteiger partial charge in [-0.1, -0.05) is 6.07 Å². The van der Waals surface area contributed by atoms with Crippen molar-refractivity contribution in [1.82, 2.24) is 25.3 Å². The molecule has 11 heteroatoms. The van der Waals surface area contributed by atoms with Crippen LogP contribution in [0.1, 0.15) is 18.4 Å². The number of nitrogens with zero attached hydrogens (tertiary/aromatic N) is 5. The number of rotatable bonds is 6. The monoisotopic (exact) mass is 481 g/mol. The fraction of sp³-hybridized carbons (Fsp3) is 0.318. The number of fused-ring (bicyclic) bond motifs is 1. The molecule has 2 aliphatic rings. The minimum absolute atomic E-state index is 0.440. The number of nitrogens with one attached hydrogen (secondary N) is 2. The lowest BCUT2D eigenvalue weighted by molar-refractivity contribution is 0.171. The van der Waals surface area contributed by atoms with Crippen LogP contribution in [0, 0.1) is 0 Å². The van der Waals surface area contributed by atoms with Crippen LogP contribution in [-0.2, 0) is 6.54 Å². The van der Waals surface area contributed by atoms with E-state index in [9.17, 15) is 0 Å². The van der Waals surface area contributed by atoms with Gasteiger partial charge in [0.1, 0.15) is 24.1 Å². The van der Waals surface area contributed by atoms with Gasteiger partial charge in [0, 0.05) is 38.1 Å². The summed E-state index contributed by atoms with van der Waals surface area (Å²) in [5.41, 5.74) is 1.03. The van der Waals surface area contributed by atoms with E-state index >= 15 is 0 Å². The lowest BCUT2D eigenvalue weighted by atomic mass is 10.2. The average Bonchev–Trinajstić information content (AvgIpc) is 3.38. The predicted octanol–water partition coefficient (Wildman–Crippen LogP) is 3.28. The van der Waals surface area contributed by atoms with E-state index in [-0.39, 0.29) is 0 Å². The number of anilines is 2. The zero-order valence-corrected chi connectivity index (χ0v) is 19.5. The third-order valence-corrected chi connectivity index (χ3v) is 6.20. The van der Waals surface area contributed by atoms with Crippen LogP contribution in [0.2, 0.25) is 0 Å². The van der Waals surface area contributed by atoms with Crippen molar-refractivity contribution in [2.24, 2.45) is 0 Å². The van der Waals surface area contributed by atoms with Crippen molar-refractivity contribution in [2.45, 2.75) is 29.6 Å². The first-order valence-corrected chi connectivity index (χ1v) is 12.0. The summed E-state index contributed by atoms with van der Waals surface area (Å²) < 4.78 is 11.2. The van der Waals surface area contributed by atoms with Crippen molar-refractivity contribution in [3.63, 3.8) is 0 Å². The van der Waals surface area contributed by atoms with Gasteiger partial charge < -0.3 is 25.0 Å². The van der Waals surface area contributed by atoms with Crippen molar-refractivity contribution in [2.75, 3.05) is 36.5 Å². The Hall–Kier alpha value is -3.18. The largest absolute Gasteiger partial charge is 0.486 e. The minimum Gasteiger partial charge on any atom is -0.486 e. The molecule has 1 saturated heterocycles. The van der Waals surface area contributed by atoms with Gasteiger partial charge >= 0.3 is 0 Å². The molecule has 4 heterocycles. The summed E-state index contributed by atoms with van der Waals surface area (Å²) in [6, 6.07) is 9.63. The Morgan fingerprint density at radius 3 is 2.64 bits per heavy atom. The lowest BCUT2D eigenvalue weighted by Gasteiger charge is -2.19. The molecule has 3 aromatic rings. The van der Waals surface area contributed by atoms with Gasteiger partial charge in [0.25, 0.3) is 0 Å². The fourth-order valence-electron chi connectivity index (χ4n) is 3.59. The van der Waals surface area contributed by atoms with Crippen LogP contribution in [0.5, 0.6) is 11.5 Å². The summed E-state index contributed by atoms with van der Waals surface area (Å²) in [5.74, 6) is 2.84. The van der Waals surface area contributed by atoms with E-state index in [0.29, 0.717) is 36.0 Å². The molecule has 0 bridgehead atoms. The van der Waals surface area contributed by atoms with Crippen LogP contribution in [0.15, 0.2) is 52.9 Å². The average molecular weight is 482 g/mol. The van der Waals surface area contributed by atoms with Gasteiger partial charge in [0.15, 0.2) is 21.8 Å². The lowest BCUT2D eigenvalue weighted by Crippen LogP contribution is -2.29. The van der Waals surface area contributed by atoms with E-state index in [2.05, 4.69) is 30.5 Å². The van der Waals surface area contributed by atoms with Gasteiger partial charge in [0.05, 0.1) is 0 Å². The Labute approximate surface area is 201 Å². The summed E-state index contributed by atoms with van der Waals surface area (Å²) >= 11 is 6.90. The van der Waals surface area contributed by atoms with Crippen LogP contribution < -0.4 is 25.0 Å². The van der Waals surface area contributed by atoms with E-state index in [0.717, 1.165) is 53.8 Å². The molecule has 5 rings (SSSR count). The van der Waals surface area contributed by atoms with Gasteiger partial charge in [-0.2, -0.15) is 4.98 Å². The maximum atomic E-state index is 5.65. The third-order valence-electron chi connectivity index (χ3n) is 5.14. The molecule has 0 aliphatic carbocycles. The molecule has 1 fully saturated rings. The minimum atomic E-state index is 0.440. The van der Waals surface area contributed by atoms with Gasteiger partial charge in [0.2, 0.25) is 5.95 Å². The van der Waals surface area contributed by atoms with Gasteiger partial charge in [-0.25, -0.2) is 15.0 Å². The number of hydrogen-bond donors (Lipinski definition) is 2. The third kappa shape index (κ3) is 5.60. The molecule has 33 heavy (non-hydrogen) atoms. The smallest absolute Gasteiger partial charge is 0.232 e. The zero-order valence-electron chi connectivity index (χ0n) is 17.9. The first-order chi connectivity index (χ1) is 16.2. The molecule has 1 aromatic carbocycles. The molecule has 0 radical (unpaired) electrons. The fourth-order valence-corrected chi connectivity index (χ4v) is 4.46. The summed E-state index contributed by atoms with van der Waals surface area (Å²) in [4.78, 5) is 20.1. The highest BCUT2D eigenvalue weighted by Gasteiger charge is 2.17. The topological polar surface area (TPSA) is 97.3 Å². The van der Waals surface area contributed by atoms with E-state index < -0.39 is 0 Å². The Morgan fingerprint density at radius 2 is 1.82 bits per heavy atom. The summed E-state index contributed by atoms with van der Waals surface area (Å²) in [6.45, 7) is 3.63. The molecule has 9 nitrogen and oxygen atoms in total. The highest BCUT2D eigenvalue weighted by Crippen LogP contribution is 2.31. The van der Waals surface area contributed by atoms with Crippen LogP contribution in [0.3, 0.4) is 0 Å². The van der Waals surface area contributed by atoms with Crippen molar-refractivity contribution in [1.29, 1.82) is 0 Å². The zero-order chi connectivity index (χ0) is 22.5. The maximum absolute atomic E-state index is 5.65. The molecule has 0 unspecified atom stereocenters. The Kier molecular flexibility index (Phi) is 6.68. The van der Waals surface area contributed by atoms with Gasteiger partial charge in [-0.15, -0.1) is 0 Å². The molecule has 0 saturated carbocycles. The van der Waals surface area contributed by atoms with E-state index in [4.69, 9.17) is 26.7 Å². The molecule has 2 N–H and O–H groups in total. The van der Waals surface area contributed by atoms with Crippen molar-refractivity contribution in [3.05, 3.63) is 48.3 Å². The number of thiocarbonyl (C=S) groups is 1. The molecular weight excluding hydrogens is 458 g/mol. The molecular formula is C22H23N7O2S2. The molecule has 170 valence electrons. The quantitative estimate of drug-likeness (QED) is 0.308. The Bertz CT molecular complexity index is 1130. The van der Waals surface area contributed by atoms with Crippen LogP contribution in [-0.4, -0.2) is 51.4 Å². The molecule has 0 spiro atoms. The number of hydrogen-bond acceptors (Lipinski definition) is 9. The van der Waals surface area contributed by atoms with Crippen LogP contribution >= 0.6 is 24.0 Å². The Balaban J connectivity index is 1.27. The predicted molar refractivity (Wildman–Crippen MR) is 130 cm³/mol. The maximum Gasteiger partial charge on any atom is 0.232 e. The van der Waals surface area contributed by atoms with E-state index in [1.165, 1.54) is 11.8 Å². The SMILES string of the molecule is S=C(NCc1ccc2c(c1)OCCO2)Nc1nc(Sc2ncccn2)cc(N2CCCC2)n1. The number of ether oxygens (including phenoxy) is 2. The van der Waals surface area contributed by atoms with Crippen molar-refractivity contribution >= 4 is 40.9 Å². The van der Waals surface area contributed by atoms with Crippen molar-refractivity contribution in [3.8, 4) is 11.5 Å². The Morgan fingerprint density at radius 1 is 1.03 bits per heavy atom. The number of benzene rings is 1. The summed E-state index contributed by atoms with van der Waals surface area (Å²) in [5, 5.41) is 8.17. The van der Waals surface area contributed by atoms with E-state index in [1.54, 1.807) is 18.5 Å². The summed E-state index contributed by atoms with van der Waals surface area (Å²) in [6.07, 6.45) is 5.75. The normalized spacial score (nSPS) is 14.7. The molecule has 0 atom stereocenters. The molecule has 2 aromatic heterocycles. The highest BCUT2D eigenvalue weighted by molar-refractivity contribution is 7.99. The second-order valence-electron chi connectivity index (χ2n) is 7.50. The van der Waals surface area contributed by atoms with Crippen molar-refractivity contribution < 1.29 is 9.47 Å². The van der Waals surface area contributed by atoms with E-state index in [1.807, 2.05) is 24.3 Å². The van der Waals surface area contributed by atoms with Gasteiger partial charge in [-0.05, 0) is 60.6 Å². The van der Waals surface area contributed by atoms with Crippen LogP contribution in [0.25, 0.3) is 0 Å². The second kappa shape index (κ2) is 10.2. The highest BCUT2D eigenvalue weighted by atomic mass is 32.2. The van der Waals surface area contributed by atoms with Crippen LogP contribution in [0.4, 0.5) is 11.8 Å². The first kappa shape index (κ1) is 21.7. The summed E-state index contributed by atoms with van der Waals surface area (Å²) in [7, 11) is 0. The van der Waals surface area contributed by atoms with Gasteiger partial charge in [-0.3, -0.25) is 0 Å². The molecule has 0 amide bonds. The second-order valence-corrected chi connectivity index (χ2v) is 8.90. The first-order valence-electron chi connectivity index (χ1n) is 10.8. The number of aromatic nitrogens is 4.